The van der Waals surface area contributed by atoms with Crippen LogP contribution >= 0.6 is 0 Å². The fourth-order valence-electron chi connectivity index (χ4n) is 3.59. The predicted molar refractivity (Wildman–Crippen MR) is 119 cm³/mol. The summed E-state index contributed by atoms with van der Waals surface area (Å²) in [5.41, 5.74) is 0. The second kappa shape index (κ2) is 20.1. The zero-order valence-electron chi connectivity index (χ0n) is 19.5. The van der Waals surface area contributed by atoms with Crippen molar-refractivity contribution >= 4 is 12.4 Å². The van der Waals surface area contributed by atoms with Gasteiger partial charge in [-0.3, -0.25) is 9.59 Å². The monoisotopic (exact) mass is 414 g/mol. The van der Waals surface area contributed by atoms with E-state index in [0.717, 1.165) is 51.9 Å². The first-order valence-corrected chi connectivity index (χ1v) is 11.7. The van der Waals surface area contributed by atoms with Gasteiger partial charge in [0.1, 0.15) is 0 Å². The lowest BCUT2D eigenvalue weighted by Gasteiger charge is -2.28. The van der Waals surface area contributed by atoms with E-state index in [1.807, 2.05) is 4.90 Å². The van der Waals surface area contributed by atoms with Crippen LogP contribution < -0.4 is 0 Å². The number of carbonyl (C=O) groups excluding carboxylic acids is 2. The average molecular weight is 415 g/mol. The van der Waals surface area contributed by atoms with Crippen molar-refractivity contribution in [3.05, 3.63) is 0 Å². The Morgan fingerprint density at radius 3 is 2.17 bits per heavy atom. The van der Waals surface area contributed by atoms with E-state index >= 15 is 0 Å². The van der Waals surface area contributed by atoms with Gasteiger partial charge in [-0.15, -0.1) is 0 Å². The van der Waals surface area contributed by atoms with Crippen molar-refractivity contribution in [2.24, 2.45) is 5.92 Å². The van der Waals surface area contributed by atoms with E-state index in [-0.39, 0.29) is 18.4 Å². The third-order valence-corrected chi connectivity index (χ3v) is 5.42. The maximum Gasteiger partial charge on any atom is 0.293 e. The molecule has 0 radical (unpaired) electrons. The molecule has 0 aliphatic rings. The number of hydrogen-bond donors (Lipinski definition) is 0. The molecule has 0 bridgehead atoms. The fourth-order valence-corrected chi connectivity index (χ4v) is 3.59. The van der Waals surface area contributed by atoms with Crippen molar-refractivity contribution in [3.63, 3.8) is 0 Å². The standard InChI is InChI=1S/C23H46N2O4/c1-5-8-9-10-11-12-15-23(27)25(17-14-13-16-24(6-2)7-3)18-22(19-28-4)20-29-21-26/h21-22H,5-20H2,1-4H3. The van der Waals surface area contributed by atoms with Crippen LogP contribution in [0.1, 0.15) is 78.6 Å². The SMILES string of the molecule is CCCCCCCCC(=O)N(CCCCN(CC)CC)CC(COC)COC=O. The first kappa shape index (κ1) is 27.9. The highest BCUT2D eigenvalue weighted by molar-refractivity contribution is 5.76. The fraction of sp³-hybridized carbons (Fsp3) is 0.913. The van der Waals surface area contributed by atoms with Crippen LogP contribution in [-0.4, -0.2) is 75.2 Å². The molecule has 0 rings (SSSR count). The highest BCUT2D eigenvalue weighted by atomic mass is 16.5. The molecule has 0 heterocycles. The molecule has 172 valence electrons. The maximum atomic E-state index is 12.9. The molecule has 6 heteroatoms. The molecule has 0 aromatic carbocycles. The van der Waals surface area contributed by atoms with E-state index in [4.69, 9.17) is 9.47 Å². The van der Waals surface area contributed by atoms with Crippen molar-refractivity contribution in [3.8, 4) is 0 Å². The van der Waals surface area contributed by atoms with Gasteiger partial charge in [-0.25, -0.2) is 0 Å². The third-order valence-electron chi connectivity index (χ3n) is 5.42. The molecule has 0 N–H and O–H groups in total. The zero-order chi connectivity index (χ0) is 21.7. The number of rotatable bonds is 21. The van der Waals surface area contributed by atoms with Crippen LogP contribution in [0.5, 0.6) is 0 Å². The molecular formula is C23H46N2O4. The minimum Gasteiger partial charge on any atom is -0.467 e. The number of unbranched alkanes of at least 4 members (excludes halogenated alkanes) is 6. The summed E-state index contributed by atoms with van der Waals surface area (Å²) in [4.78, 5) is 27.8. The van der Waals surface area contributed by atoms with Gasteiger partial charge >= 0.3 is 0 Å². The summed E-state index contributed by atoms with van der Waals surface area (Å²) >= 11 is 0. The van der Waals surface area contributed by atoms with Gasteiger partial charge in [-0.05, 0) is 38.9 Å². The van der Waals surface area contributed by atoms with Crippen LogP contribution in [0.2, 0.25) is 0 Å². The summed E-state index contributed by atoms with van der Waals surface area (Å²) in [6.07, 6.45) is 9.76. The van der Waals surface area contributed by atoms with Crippen LogP contribution in [-0.2, 0) is 19.1 Å². The highest BCUT2D eigenvalue weighted by Gasteiger charge is 2.19. The molecule has 0 aromatic heterocycles. The van der Waals surface area contributed by atoms with Crippen LogP contribution in [0.3, 0.4) is 0 Å². The molecule has 0 spiro atoms. The number of carbonyl (C=O) groups is 2. The van der Waals surface area contributed by atoms with E-state index in [1.165, 1.54) is 25.7 Å². The van der Waals surface area contributed by atoms with E-state index in [9.17, 15) is 9.59 Å². The van der Waals surface area contributed by atoms with Gasteiger partial charge in [0.15, 0.2) is 0 Å². The summed E-state index contributed by atoms with van der Waals surface area (Å²) in [6.45, 7) is 12.4. The summed E-state index contributed by atoms with van der Waals surface area (Å²) < 4.78 is 10.2. The Balaban J connectivity index is 4.57. The minimum atomic E-state index is 0.0153. The Hall–Kier alpha value is -1.14. The number of nitrogens with zero attached hydrogens (tertiary/aromatic N) is 2. The van der Waals surface area contributed by atoms with Crippen LogP contribution in [0.4, 0.5) is 0 Å². The van der Waals surface area contributed by atoms with Crippen molar-refractivity contribution < 1.29 is 19.1 Å². The maximum absolute atomic E-state index is 12.9. The van der Waals surface area contributed by atoms with Gasteiger partial charge in [0.2, 0.25) is 5.91 Å². The molecule has 0 aliphatic heterocycles. The number of ether oxygens (including phenoxy) is 2. The second-order valence-corrected chi connectivity index (χ2v) is 7.84. The molecule has 0 aliphatic carbocycles. The second-order valence-electron chi connectivity index (χ2n) is 7.84. The van der Waals surface area contributed by atoms with E-state index in [0.29, 0.717) is 26.0 Å². The zero-order valence-corrected chi connectivity index (χ0v) is 19.5. The van der Waals surface area contributed by atoms with E-state index in [2.05, 4.69) is 25.7 Å². The molecule has 0 saturated heterocycles. The lowest BCUT2D eigenvalue weighted by atomic mass is 10.1. The van der Waals surface area contributed by atoms with Crippen molar-refractivity contribution in [1.29, 1.82) is 0 Å². The molecule has 1 unspecified atom stereocenters. The summed E-state index contributed by atoms with van der Waals surface area (Å²) in [7, 11) is 1.64. The Morgan fingerprint density at radius 2 is 1.55 bits per heavy atom. The predicted octanol–water partition coefficient (Wildman–Crippen LogP) is 4.12. The Morgan fingerprint density at radius 1 is 0.897 bits per heavy atom. The molecule has 1 atom stereocenters. The van der Waals surface area contributed by atoms with Gasteiger partial charge in [0.05, 0.1) is 13.2 Å². The molecular weight excluding hydrogens is 368 g/mol. The molecule has 0 aromatic rings. The van der Waals surface area contributed by atoms with Crippen LogP contribution in [0, 0.1) is 5.92 Å². The highest BCUT2D eigenvalue weighted by Crippen LogP contribution is 2.11. The van der Waals surface area contributed by atoms with Crippen LogP contribution in [0.25, 0.3) is 0 Å². The summed E-state index contributed by atoms with van der Waals surface area (Å²) in [5.74, 6) is 0.233. The number of amides is 1. The molecule has 0 fully saturated rings. The Kier molecular flexibility index (Phi) is 19.4. The van der Waals surface area contributed by atoms with Crippen LogP contribution in [0.15, 0.2) is 0 Å². The molecule has 1 amide bonds. The van der Waals surface area contributed by atoms with Gasteiger partial charge in [-0.2, -0.15) is 0 Å². The summed E-state index contributed by atoms with van der Waals surface area (Å²) in [5, 5.41) is 0. The molecule has 29 heavy (non-hydrogen) atoms. The van der Waals surface area contributed by atoms with E-state index < -0.39 is 0 Å². The number of methoxy groups -OCH3 is 1. The minimum absolute atomic E-state index is 0.0153. The van der Waals surface area contributed by atoms with Crippen molar-refractivity contribution in [1.82, 2.24) is 9.80 Å². The van der Waals surface area contributed by atoms with Crippen molar-refractivity contribution in [2.75, 3.05) is 53.0 Å². The number of hydrogen-bond acceptors (Lipinski definition) is 5. The Bertz CT molecular complexity index is 389. The van der Waals surface area contributed by atoms with Gasteiger partial charge in [0.25, 0.3) is 6.47 Å². The smallest absolute Gasteiger partial charge is 0.293 e. The molecule has 0 saturated carbocycles. The largest absolute Gasteiger partial charge is 0.467 e. The first-order chi connectivity index (χ1) is 14.1. The lowest BCUT2D eigenvalue weighted by molar-refractivity contribution is -0.134. The normalized spacial score (nSPS) is 12.2. The first-order valence-electron chi connectivity index (χ1n) is 11.7. The molecule has 6 nitrogen and oxygen atoms in total. The average Bonchev–Trinajstić information content (AvgIpc) is 2.73. The lowest BCUT2D eigenvalue weighted by Crippen LogP contribution is -2.39. The van der Waals surface area contributed by atoms with E-state index in [1.54, 1.807) is 7.11 Å². The topological polar surface area (TPSA) is 59.1 Å². The van der Waals surface area contributed by atoms with Crippen molar-refractivity contribution in [2.45, 2.75) is 78.6 Å². The summed E-state index contributed by atoms with van der Waals surface area (Å²) in [6, 6.07) is 0. The Labute approximate surface area is 179 Å². The third kappa shape index (κ3) is 15.4. The quantitative estimate of drug-likeness (QED) is 0.209. The van der Waals surface area contributed by atoms with Gasteiger partial charge in [-0.1, -0.05) is 52.9 Å². The van der Waals surface area contributed by atoms with Gasteiger partial charge < -0.3 is 19.3 Å². The van der Waals surface area contributed by atoms with Gasteiger partial charge in [0, 0.05) is 32.5 Å².